The van der Waals surface area contributed by atoms with E-state index in [1.165, 1.54) is 103 Å². The highest BCUT2D eigenvalue weighted by Crippen LogP contribution is 2.24. The number of ether oxygens (including phenoxy) is 2. The fraction of sp³-hybridized carbons (Fsp3) is 0.831. The van der Waals surface area contributed by atoms with Crippen LogP contribution in [0.5, 0.6) is 0 Å². The zero-order valence-corrected chi connectivity index (χ0v) is 47.8. The maximum atomic E-state index is 13.6. The van der Waals surface area contributed by atoms with Gasteiger partial charge in [0.05, 0.1) is 24.4 Å². The lowest BCUT2D eigenvalue weighted by Gasteiger charge is -2.33. The third kappa shape index (κ3) is 30.8. The molecule has 0 saturated carbocycles. The summed E-state index contributed by atoms with van der Waals surface area (Å²) >= 11 is 0. The molecule has 11 heteroatoms. The minimum absolute atomic E-state index is 0.0433. The number of amides is 4. The SMILES string of the molecule is CBc1cc(C(=O)NCC(C)(C)COC(C)(C)CNC(=O)C(CCCCCC)CCCCCCCC)cc(C(=O)NCC(C)(C)OCC(C)(C)CNC(=O)C(CCCCCC)CCCCCCCC)c1. The van der Waals surface area contributed by atoms with E-state index in [2.05, 4.69) is 76.7 Å². The smallest absolute Gasteiger partial charge is 0.251 e. The van der Waals surface area contributed by atoms with Gasteiger partial charge in [0.15, 0.2) is 7.28 Å². The number of rotatable bonds is 43. The first kappa shape index (κ1) is 65.1. The van der Waals surface area contributed by atoms with Gasteiger partial charge in [-0.15, -0.1) is 0 Å². The van der Waals surface area contributed by atoms with Gasteiger partial charge in [-0.3, -0.25) is 19.2 Å². The van der Waals surface area contributed by atoms with Crippen LogP contribution in [-0.2, 0) is 19.1 Å². The van der Waals surface area contributed by atoms with Gasteiger partial charge in [-0.1, -0.05) is 208 Å². The molecule has 0 spiro atoms. The summed E-state index contributed by atoms with van der Waals surface area (Å²) in [7, 11) is 0.671. The third-order valence-electron chi connectivity index (χ3n) is 13.8. The molecule has 0 aliphatic rings. The van der Waals surface area contributed by atoms with Crippen LogP contribution >= 0.6 is 0 Å². The van der Waals surface area contributed by atoms with Crippen molar-refractivity contribution in [3.8, 4) is 0 Å². The highest BCUT2D eigenvalue weighted by Gasteiger charge is 2.30. The first-order chi connectivity index (χ1) is 33.1. The van der Waals surface area contributed by atoms with Crippen LogP contribution in [0.15, 0.2) is 18.2 Å². The normalized spacial score (nSPS) is 13.2. The van der Waals surface area contributed by atoms with Crippen LogP contribution in [0.1, 0.15) is 258 Å². The van der Waals surface area contributed by atoms with Gasteiger partial charge < -0.3 is 30.7 Å². The Hall–Kier alpha value is -2.92. The second kappa shape index (κ2) is 36.1. The standard InChI is InChI=1S/C59H109BN4O6/c1-14-18-22-26-28-32-36-47(34-30-24-20-16-3)52(65)61-41-56(5,6)45-70-59(11,12)44-64-55(68)50-38-49(39-51(40-50)60-13)54(67)62-42-57(7,8)46-69-58(9,10)43-63-53(66)48(35-31-25-21-17-4)37-33-29-27-23-19-15-2/h38-40,47-48,60H,14-37,41-46H2,1-13H3,(H,61,65)(H,62,67)(H,63,66)(H,64,68). The van der Waals surface area contributed by atoms with Crippen LogP contribution in [-0.4, -0.2) is 81.5 Å². The fourth-order valence-corrected chi connectivity index (χ4v) is 8.67. The summed E-state index contributed by atoms with van der Waals surface area (Å²) in [6, 6.07) is 5.35. The molecule has 0 aliphatic carbocycles. The zero-order valence-electron chi connectivity index (χ0n) is 47.8. The van der Waals surface area contributed by atoms with E-state index in [9.17, 15) is 19.2 Å². The van der Waals surface area contributed by atoms with Crippen molar-refractivity contribution in [2.75, 3.05) is 39.4 Å². The molecule has 70 heavy (non-hydrogen) atoms. The summed E-state index contributed by atoms with van der Waals surface area (Å²) in [6.45, 7) is 29.6. The van der Waals surface area contributed by atoms with Gasteiger partial charge in [-0.2, -0.15) is 0 Å². The van der Waals surface area contributed by atoms with Crippen molar-refractivity contribution in [1.29, 1.82) is 0 Å². The Balaban J connectivity index is 2.76. The molecule has 0 heterocycles. The van der Waals surface area contributed by atoms with Crippen LogP contribution < -0.4 is 26.7 Å². The minimum Gasteiger partial charge on any atom is -0.373 e. The number of unbranched alkanes of at least 4 members (excludes halogenated alkanes) is 16. The molecule has 10 nitrogen and oxygen atoms in total. The Morgan fingerprint density at radius 3 is 1.11 bits per heavy atom. The van der Waals surface area contributed by atoms with Gasteiger partial charge in [0.25, 0.3) is 11.8 Å². The Morgan fingerprint density at radius 2 is 0.743 bits per heavy atom. The van der Waals surface area contributed by atoms with Crippen molar-refractivity contribution >= 4 is 36.4 Å². The minimum atomic E-state index is -0.670. The average molecular weight is 981 g/mol. The van der Waals surface area contributed by atoms with Gasteiger partial charge in [-0.25, -0.2) is 0 Å². The van der Waals surface area contributed by atoms with Crippen molar-refractivity contribution in [3.05, 3.63) is 29.3 Å². The molecule has 2 unspecified atom stereocenters. The summed E-state index contributed by atoms with van der Waals surface area (Å²) in [5.41, 5.74) is -0.198. The van der Waals surface area contributed by atoms with E-state index in [1.54, 1.807) is 6.07 Å². The molecular weight excluding hydrogens is 871 g/mol. The predicted molar refractivity (Wildman–Crippen MR) is 298 cm³/mol. The highest BCUT2D eigenvalue weighted by molar-refractivity contribution is 6.52. The largest absolute Gasteiger partial charge is 0.373 e. The second-order valence-corrected chi connectivity index (χ2v) is 23.7. The third-order valence-corrected chi connectivity index (χ3v) is 13.8. The van der Waals surface area contributed by atoms with E-state index in [0.29, 0.717) is 51.3 Å². The molecule has 2 atom stereocenters. The average Bonchev–Trinajstić information content (AvgIpc) is 3.33. The van der Waals surface area contributed by atoms with Crippen molar-refractivity contribution in [1.82, 2.24) is 21.3 Å². The lowest BCUT2D eigenvalue weighted by Crippen LogP contribution is -2.45. The van der Waals surface area contributed by atoms with Crippen LogP contribution in [0.3, 0.4) is 0 Å². The van der Waals surface area contributed by atoms with E-state index in [0.717, 1.165) is 56.8 Å². The number of benzene rings is 1. The number of carbonyl (C=O) groups excluding carboxylic acids is 4. The van der Waals surface area contributed by atoms with Gasteiger partial charge in [0.1, 0.15) is 0 Å². The molecule has 4 amide bonds. The molecule has 1 aromatic carbocycles. The van der Waals surface area contributed by atoms with E-state index in [-0.39, 0.29) is 47.4 Å². The lowest BCUT2D eigenvalue weighted by atomic mass is 9.72. The second-order valence-electron chi connectivity index (χ2n) is 23.7. The van der Waals surface area contributed by atoms with Crippen molar-refractivity contribution in [2.24, 2.45) is 22.7 Å². The molecular formula is C59H109BN4O6. The van der Waals surface area contributed by atoms with Crippen LogP contribution in [0.2, 0.25) is 6.82 Å². The summed E-state index contributed by atoms with van der Waals surface area (Å²) in [5.74, 6) is -0.110. The molecule has 1 aromatic rings. The summed E-state index contributed by atoms with van der Waals surface area (Å²) in [4.78, 5) is 54.2. The van der Waals surface area contributed by atoms with Crippen molar-refractivity contribution in [2.45, 2.75) is 255 Å². The van der Waals surface area contributed by atoms with Gasteiger partial charge in [-0.05, 0) is 59.4 Å². The number of carbonyl (C=O) groups is 4. The quantitative estimate of drug-likeness (QED) is 0.0380. The van der Waals surface area contributed by atoms with Gasteiger partial charge in [0.2, 0.25) is 11.8 Å². The maximum Gasteiger partial charge on any atom is 0.251 e. The van der Waals surface area contributed by atoms with Crippen LogP contribution in [0.25, 0.3) is 0 Å². The molecule has 1 rings (SSSR count). The molecule has 4 N–H and O–H groups in total. The Labute approximate surface area is 431 Å². The molecule has 0 fully saturated rings. The van der Waals surface area contributed by atoms with Crippen LogP contribution in [0, 0.1) is 22.7 Å². The predicted octanol–water partition coefficient (Wildman–Crippen LogP) is 12.8. The summed E-state index contributed by atoms with van der Waals surface area (Å²) in [6.07, 6.45) is 27.9. The number of hydrogen-bond acceptors (Lipinski definition) is 6. The zero-order chi connectivity index (χ0) is 52.5. The lowest BCUT2D eigenvalue weighted by molar-refractivity contribution is -0.128. The van der Waals surface area contributed by atoms with E-state index in [4.69, 9.17) is 9.47 Å². The first-order valence-corrected chi connectivity index (χ1v) is 28.7. The number of nitrogens with one attached hydrogen (secondary N) is 4. The van der Waals surface area contributed by atoms with E-state index in [1.807, 2.05) is 46.7 Å². The molecule has 0 radical (unpaired) electrons. The van der Waals surface area contributed by atoms with Gasteiger partial charge in [0, 0.05) is 60.0 Å². The van der Waals surface area contributed by atoms with Crippen molar-refractivity contribution in [3.63, 3.8) is 0 Å². The van der Waals surface area contributed by atoms with Crippen molar-refractivity contribution < 1.29 is 28.7 Å². The molecule has 0 bridgehead atoms. The monoisotopic (exact) mass is 981 g/mol. The maximum absolute atomic E-state index is 13.6. The molecule has 0 saturated heterocycles. The Morgan fingerprint density at radius 1 is 0.443 bits per heavy atom. The number of hydrogen-bond donors (Lipinski definition) is 4. The van der Waals surface area contributed by atoms with Crippen LogP contribution in [0.4, 0.5) is 0 Å². The Kier molecular flexibility index (Phi) is 33.6. The van der Waals surface area contributed by atoms with Gasteiger partial charge >= 0.3 is 0 Å². The topological polar surface area (TPSA) is 135 Å². The summed E-state index contributed by atoms with van der Waals surface area (Å²) in [5, 5.41) is 12.7. The molecule has 404 valence electrons. The first-order valence-electron chi connectivity index (χ1n) is 28.7. The molecule has 0 aromatic heterocycles. The molecule has 0 aliphatic heterocycles. The van der Waals surface area contributed by atoms with E-state index >= 15 is 0 Å². The highest BCUT2D eigenvalue weighted by atomic mass is 16.5. The Bertz CT molecular complexity index is 1490. The fourth-order valence-electron chi connectivity index (χ4n) is 8.67. The summed E-state index contributed by atoms with van der Waals surface area (Å²) < 4.78 is 12.8. The van der Waals surface area contributed by atoms with E-state index < -0.39 is 16.6 Å².